The van der Waals surface area contributed by atoms with Gasteiger partial charge in [-0.3, -0.25) is 0 Å². The molecule has 0 radical (unpaired) electrons. The molecule has 0 saturated heterocycles. The Hall–Kier alpha value is -1.10. The predicted octanol–water partition coefficient (Wildman–Crippen LogP) is 1.56. The van der Waals surface area contributed by atoms with Gasteiger partial charge in [0.1, 0.15) is 10.6 Å². The normalized spacial score (nSPS) is 18.2. The fourth-order valence-corrected chi connectivity index (χ4v) is 3.69. The first-order chi connectivity index (χ1) is 8.33. The van der Waals surface area contributed by atoms with Gasteiger partial charge in [-0.2, -0.15) is 0 Å². The van der Waals surface area contributed by atoms with E-state index in [-0.39, 0.29) is 5.75 Å². The average Bonchev–Trinajstić information content (AvgIpc) is 2.27. The third-order valence-electron chi connectivity index (χ3n) is 3.39. The van der Waals surface area contributed by atoms with Crippen LogP contribution in [0.2, 0.25) is 0 Å². The SMILES string of the molecule is CC(C)N1CCS(=O)(=O)c2cc[n+](C(C)C)cc21. The minimum Gasteiger partial charge on any atom is -0.362 e. The first kappa shape index (κ1) is 13.3. The van der Waals surface area contributed by atoms with Gasteiger partial charge in [0.15, 0.2) is 28.3 Å². The van der Waals surface area contributed by atoms with Crippen molar-refractivity contribution in [1.82, 2.24) is 0 Å². The van der Waals surface area contributed by atoms with Crippen LogP contribution in [0.5, 0.6) is 0 Å². The molecular formula is C13H21N2O2S+. The van der Waals surface area contributed by atoms with E-state index in [1.807, 2.05) is 12.4 Å². The van der Waals surface area contributed by atoms with Gasteiger partial charge in [-0.25, -0.2) is 13.0 Å². The predicted molar refractivity (Wildman–Crippen MR) is 71.6 cm³/mol. The molecular weight excluding hydrogens is 248 g/mol. The third kappa shape index (κ3) is 2.23. The molecule has 0 fully saturated rings. The number of anilines is 1. The number of aromatic nitrogens is 1. The number of hydrogen-bond acceptors (Lipinski definition) is 3. The van der Waals surface area contributed by atoms with Crippen molar-refractivity contribution in [3.63, 3.8) is 0 Å². The molecule has 1 aromatic heterocycles. The molecule has 1 aliphatic rings. The summed E-state index contributed by atoms with van der Waals surface area (Å²) in [6.07, 6.45) is 3.81. The van der Waals surface area contributed by atoms with E-state index in [0.29, 0.717) is 23.5 Å². The van der Waals surface area contributed by atoms with Gasteiger partial charge in [0.05, 0.1) is 5.75 Å². The Morgan fingerprint density at radius 2 is 1.94 bits per heavy atom. The van der Waals surface area contributed by atoms with Crippen molar-refractivity contribution in [2.24, 2.45) is 0 Å². The lowest BCUT2D eigenvalue weighted by molar-refractivity contribution is -0.716. The minimum absolute atomic E-state index is 0.212. The number of fused-ring (bicyclic) bond motifs is 1. The highest BCUT2D eigenvalue weighted by Crippen LogP contribution is 2.30. The van der Waals surface area contributed by atoms with E-state index >= 15 is 0 Å². The Kier molecular flexibility index (Phi) is 3.36. The van der Waals surface area contributed by atoms with Crippen molar-refractivity contribution >= 4 is 15.5 Å². The summed E-state index contributed by atoms with van der Waals surface area (Å²) in [6.45, 7) is 8.94. The van der Waals surface area contributed by atoms with E-state index in [1.54, 1.807) is 6.07 Å². The van der Waals surface area contributed by atoms with Crippen LogP contribution in [0.4, 0.5) is 5.69 Å². The molecule has 0 bridgehead atoms. The second-order valence-corrected chi connectivity index (χ2v) is 7.42. The Morgan fingerprint density at radius 1 is 1.28 bits per heavy atom. The molecule has 100 valence electrons. The van der Waals surface area contributed by atoms with Gasteiger partial charge in [-0.1, -0.05) is 0 Å². The summed E-state index contributed by atoms with van der Waals surface area (Å²) in [4.78, 5) is 2.63. The summed E-state index contributed by atoms with van der Waals surface area (Å²) in [6, 6.07) is 2.37. The molecule has 1 aliphatic heterocycles. The van der Waals surface area contributed by atoms with Crippen LogP contribution in [0.15, 0.2) is 23.4 Å². The van der Waals surface area contributed by atoms with Crippen molar-refractivity contribution in [3.05, 3.63) is 18.5 Å². The Morgan fingerprint density at radius 3 is 2.50 bits per heavy atom. The van der Waals surface area contributed by atoms with Crippen molar-refractivity contribution in [2.75, 3.05) is 17.2 Å². The van der Waals surface area contributed by atoms with Crippen LogP contribution in [-0.2, 0) is 9.84 Å². The van der Waals surface area contributed by atoms with E-state index in [4.69, 9.17) is 0 Å². The zero-order valence-electron chi connectivity index (χ0n) is 11.4. The molecule has 4 nitrogen and oxygen atoms in total. The molecule has 1 aromatic rings. The number of rotatable bonds is 2. The quantitative estimate of drug-likeness (QED) is 0.765. The fraction of sp³-hybridized carbons (Fsp3) is 0.615. The van der Waals surface area contributed by atoms with Crippen LogP contribution in [0.25, 0.3) is 0 Å². The first-order valence-corrected chi connectivity index (χ1v) is 8.02. The summed E-state index contributed by atoms with van der Waals surface area (Å²) in [5.74, 6) is 0.212. The monoisotopic (exact) mass is 269 g/mol. The minimum atomic E-state index is -3.11. The highest BCUT2D eigenvalue weighted by Gasteiger charge is 2.32. The van der Waals surface area contributed by atoms with Crippen molar-refractivity contribution in [2.45, 2.75) is 44.7 Å². The molecule has 0 aliphatic carbocycles. The molecule has 0 unspecified atom stereocenters. The van der Waals surface area contributed by atoms with Gasteiger partial charge < -0.3 is 4.90 Å². The Bertz CT molecular complexity index is 550. The summed E-state index contributed by atoms with van der Waals surface area (Å²) in [5, 5.41) is 0. The summed E-state index contributed by atoms with van der Waals surface area (Å²) in [7, 11) is -3.11. The van der Waals surface area contributed by atoms with E-state index < -0.39 is 9.84 Å². The van der Waals surface area contributed by atoms with E-state index in [1.165, 1.54) is 0 Å². The maximum atomic E-state index is 12.1. The van der Waals surface area contributed by atoms with Crippen LogP contribution in [0, 0.1) is 0 Å². The zero-order chi connectivity index (χ0) is 13.5. The van der Waals surface area contributed by atoms with Crippen LogP contribution in [0.1, 0.15) is 33.7 Å². The summed E-state index contributed by atoms with van der Waals surface area (Å²) >= 11 is 0. The molecule has 0 spiro atoms. The third-order valence-corrected chi connectivity index (χ3v) is 5.12. The number of pyridine rings is 1. The molecule has 0 atom stereocenters. The highest BCUT2D eigenvalue weighted by molar-refractivity contribution is 7.91. The summed E-state index contributed by atoms with van der Waals surface area (Å²) < 4.78 is 26.2. The standard InChI is InChI=1S/C13H21N2O2S/c1-10(2)14-6-5-13-12(9-14)15(11(3)4)7-8-18(13,16)17/h5-6,9-11H,7-8H2,1-4H3/q+1. The zero-order valence-corrected chi connectivity index (χ0v) is 12.2. The smallest absolute Gasteiger partial charge is 0.193 e. The van der Waals surface area contributed by atoms with E-state index in [9.17, 15) is 8.42 Å². The van der Waals surface area contributed by atoms with Crippen molar-refractivity contribution in [1.29, 1.82) is 0 Å². The topological polar surface area (TPSA) is 41.3 Å². The second kappa shape index (κ2) is 4.53. The molecule has 2 rings (SSSR count). The van der Waals surface area contributed by atoms with Gasteiger partial charge >= 0.3 is 0 Å². The molecule has 5 heteroatoms. The van der Waals surface area contributed by atoms with Gasteiger partial charge in [0, 0.05) is 18.7 Å². The van der Waals surface area contributed by atoms with Crippen LogP contribution in [-0.4, -0.2) is 26.8 Å². The molecule has 2 heterocycles. The molecule has 18 heavy (non-hydrogen) atoms. The lowest BCUT2D eigenvalue weighted by Gasteiger charge is -2.33. The van der Waals surface area contributed by atoms with Crippen LogP contribution < -0.4 is 9.47 Å². The van der Waals surface area contributed by atoms with Crippen molar-refractivity contribution in [3.8, 4) is 0 Å². The van der Waals surface area contributed by atoms with E-state index in [0.717, 1.165) is 5.69 Å². The maximum absolute atomic E-state index is 12.1. The average molecular weight is 269 g/mol. The van der Waals surface area contributed by atoms with Gasteiger partial charge in [-0.15, -0.1) is 0 Å². The first-order valence-electron chi connectivity index (χ1n) is 6.37. The Balaban J connectivity index is 2.61. The number of nitrogens with zero attached hydrogens (tertiary/aromatic N) is 2. The number of sulfone groups is 1. The molecule has 0 amide bonds. The molecule has 0 saturated carbocycles. The van der Waals surface area contributed by atoms with Crippen molar-refractivity contribution < 1.29 is 13.0 Å². The Labute approximate surface area is 109 Å². The maximum Gasteiger partial charge on any atom is 0.193 e. The number of hydrogen-bond donors (Lipinski definition) is 0. The van der Waals surface area contributed by atoms with Crippen LogP contribution >= 0.6 is 0 Å². The fourth-order valence-electron chi connectivity index (χ4n) is 2.27. The lowest BCUT2D eigenvalue weighted by atomic mass is 10.2. The summed E-state index contributed by atoms with van der Waals surface area (Å²) in [5.41, 5.74) is 0.840. The highest BCUT2D eigenvalue weighted by atomic mass is 32.2. The van der Waals surface area contributed by atoms with E-state index in [2.05, 4.69) is 37.2 Å². The van der Waals surface area contributed by atoms with Gasteiger partial charge in [-0.05, 0) is 27.7 Å². The van der Waals surface area contributed by atoms with Gasteiger partial charge in [0.2, 0.25) is 0 Å². The largest absolute Gasteiger partial charge is 0.362 e. The molecule has 0 N–H and O–H groups in total. The lowest BCUT2D eigenvalue weighted by Crippen LogP contribution is -2.44. The van der Waals surface area contributed by atoms with Gasteiger partial charge in [0.25, 0.3) is 0 Å². The molecule has 0 aromatic carbocycles. The second-order valence-electron chi connectivity index (χ2n) is 5.34. The van der Waals surface area contributed by atoms with Crippen LogP contribution in [0.3, 0.4) is 0 Å².